The molecule has 2 N–H and O–H groups in total. The van der Waals surface area contributed by atoms with Crippen LogP contribution in [0.3, 0.4) is 0 Å². The number of nitrogens with one attached hydrogen (secondary N) is 1. The number of aryl methyl sites for hydroxylation is 1. The second-order valence-corrected chi connectivity index (χ2v) is 7.10. The number of carboxylic acid groups (broad SMARTS) is 1. The maximum atomic E-state index is 12.9. The normalized spacial score (nSPS) is 19.1. The number of amides is 2. The number of carbonyl (C=O) groups excluding carboxylic acids is 2. The number of furan rings is 1. The van der Waals surface area contributed by atoms with Gasteiger partial charge in [0, 0.05) is 18.1 Å². The molecule has 0 radical (unpaired) electrons. The second kappa shape index (κ2) is 7.44. The van der Waals surface area contributed by atoms with Crippen LogP contribution in [-0.4, -0.2) is 40.9 Å². The van der Waals surface area contributed by atoms with Crippen molar-refractivity contribution in [1.29, 1.82) is 0 Å². The van der Waals surface area contributed by atoms with E-state index in [1.807, 2.05) is 0 Å². The van der Waals surface area contributed by atoms with Gasteiger partial charge in [-0.3, -0.25) is 14.4 Å². The van der Waals surface area contributed by atoms with Gasteiger partial charge in [0.05, 0.1) is 29.0 Å². The number of hydrogen-bond acceptors (Lipinski definition) is 4. The fourth-order valence-electron chi connectivity index (χ4n) is 3.24. The molecule has 2 amide bonds. The predicted molar refractivity (Wildman–Crippen MR) is 99.0 cm³/mol. The number of halogens is 1. The third-order valence-corrected chi connectivity index (χ3v) is 5.02. The Labute approximate surface area is 160 Å². The molecule has 0 aliphatic carbocycles. The van der Waals surface area contributed by atoms with E-state index in [4.69, 9.17) is 16.0 Å². The van der Waals surface area contributed by atoms with Crippen LogP contribution >= 0.6 is 11.6 Å². The molecular formula is C19H19ClN2O5. The molecule has 2 aromatic rings. The lowest BCUT2D eigenvalue weighted by Crippen LogP contribution is -2.31. The fourth-order valence-corrected chi connectivity index (χ4v) is 3.41. The fraction of sp³-hybridized carbons (Fsp3) is 0.316. The van der Waals surface area contributed by atoms with E-state index in [1.54, 1.807) is 19.9 Å². The highest BCUT2D eigenvalue weighted by molar-refractivity contribution is 6.31. The summed E-state index contributed by atoms with van der Waals surface area (Å²) in [7, 11) is 0. The first-order valence-electron chi connectivity index (χ1n) is 8.45. The molecule has 0 saturated carbocycles. The minimum atomic E-state index is -0.919. The van der Waals surface area contributed by atoms with Crippen LogP contribution in [0, 0.1) is 18.8 Å². The number of carboxylic acids is 1. The maximum Gasteiger partial charge on any atom is 0.308 e. The Morgan fingerprint density at radius 3 is 2.56 bits per heavy atom. The molecule has 1 saturated heterocycles. The molecule has 0 unspecified atom stereocenters. The Morgan fingerprint density at radius 1 is 1.22 bits per heavy atom. The SMILES string of the molecule is Cc1occc1C(=O)Nc1cc(Cl)ccc1C(=O)N1C[C@@H](C)[C@H](C(=O)O)C1. The smallest absolute Gasteiger partial charge is 0.308 e. The minimum Gasteiger partial charge on any atom is -0.481 e. The lowest BCUT2D eigenvalue weighted by molar-refractivity contribution is -0.142. The maximum absolute atomic E-state index is 12.9. The van der Waals surface area contributed by atoms with E-state index in [2.05, 4.69) is 5.32 Å². The molecular weight excluding hydrogens is 372 g/mol. The van der Waals surface area contributed by atoms with Crippen LogP contribution in [-0.2, 0) is 4.79 Å². The summed E-state index contributed by atoms with van der Waals surface area (Å²) in [6.07, 6.45) is 1.41. The molecule has 2 heterocycles. The summed E-state index contributed by atoms with van der Waals surface area (Å²) in [6, 6.07) is 6.12. The zero-order valence-electron chi connectivity index (χ0n) is 14.9. The largest absolute Gasteiger partial charge is 0.481 e. The van der Waals surface area contributed by atoms with Crippen molar-refractivity contribution in [3.05, 3.63) is 52.4 Å². The molecule has 3 rings (SSSR count). The summed E-state index contributed by atoms with van der Waals surface area (Å²) >= 11 is 6.04. The van der Waals surface area contributed by atoms with Gasteiger partial charge in [-0.25, -0.2) is 0 Å². The van der Waals surface area contributed by atoms with Gasteiger partial charge >= 0.3 is 5.97 Å². The number of benzene rings is 1. The molecule has 1 aliphatic heterocycles. The van der Waals surface area contributed by atoms with Crippen molar-refractivity contribution < 1.29 is 23.9 Å². The van der Waals surface area contributed by atoms with Gasteiger partial charge in [-0.05, 0) is 37.1 Å². The van der Waals surface area contributed by atoms with Gasteiger partial charge in [0.25, 0.3) is 11.8 Å². The number of hydrogen-bond donors (Lipinski definition) is 2. The second-order valence-electron chi connectivity index (χ2n) is 6.67. The van der Waals surface area contributed by atoms with E-state index in [1.165, 1.54) is 29.4 Å². The van der Waals surface area contributed by atoms with Crippen LogP contribution in [0.1, 0.15) is 33.4 Å². The molecule has 1 fully saturated rings. The van der Waals surface area contributed by atoms with Crippen molar-refractivity contribution in [3.8, 4) is 0 Å². The Morgan fingerprint density at radius 2 is 1.96 bits per heavy atom. The number of likely N-dealkylation sites (tertiary alicyclic amines) is 1. The Balaban J connectivity index is 1.86. The summed E-state index contributed by atoms with van der Waals surface area (Å²) in [5.41, 5.74) is 0.880. The molecule has 1 aliphatic rings. The van der Waals surface area contributed by atoms with E-state index < -0.39 is 17.8 Å². The summed E-state index contributed by atoms with van der Waals surface area (Å²) < 4.78 is 5.13. The van der Waals surface area contributed by atoms with E-state index in [9.17, 15) is 19.5 Å². The standard InChI is InChI=1S/C19H19ClN2O5/c1-10-8-22(9-15(10)19(25)26)18(24)14-4-3-12(20)7-16(14)21-17(23)13-5-6-27-11(13)2/h3-7,10,15H,8-9H2,1-2H3,(H,21,23)(H,25,26)/t10-,15-/m1/s1. The number of nitrogens with zero attached hydrogens (tertiary/aromatic N) is 1. The lowest BCUT2D eigenvalue weighted by atomic mass is 9.99. The third kappa shape index (κ3) is 3.83. The Kier molecular flexibility index (Phi) is 5.23. The lowest BCUT2D eigenvalue weighted by Gasteiger charge is -2.19. The molecule has 0 spiro atoms. The number of rotatable bonds is 4. The van der Waals surface area contributed by atoms with Crippen LogP contribution in [0.25, 0.3) is 0 Å². The molecule has 7 nitrogen and oxygen atoms in total. The summed E-state index contributed by atoms with van der Waals surface area (Å²) in [4.78, 5) is 38.2. The van der Waals surface area contributed by atoms with Gasteiger partial charge in [0.2, 0.25) is 0 Å². The van der Waals surface area contributed by atoms with Crippen molar-refractivity contribution in [1.82, 2.24) is 4.90 Å². The van der Waals surface area contributed by atoms with Gasteiger partial charge in [-0.2, -0.15) is 0 Å². The molecule has 1 aromatic heterocycles. The highest BCUT2D eigenvalue weighted by atomic mass is 35.5. The number of anilines is 1. The first kappa shape index (κ1) is 19.0. The van der Waals surface area contributed by atoms with Gasteiger partial charge in [-0.1, -0.05) is 18.5 Å². The van der Waals surface area contributed by atoms with Crippen molar-refractivity contribution in [2.24, 2.45) is 11.8 Å². The van der Waals surface area contributed by atoms with E-state index in [-0.39, 0.29) is 29.6 Å². The van der Waals surface area contributed by atoms with Gasteiger partial charge in [0.1, 0.15) is 5.76 Å². The predicted octanol–water partition coefficient (Wildman–Crippen LogP) is 3.29. The van der Waals surface area contributed by atoms with E-state index in [0.717, 1.165) is 0 Å². The van der Waals surface area contributed by atoms with Crippen LogP contribution in [0.15, 0.2) is 34.9 Å². The Hall–Kier alpha value is -2.80. The number of carbonyl (C=O) groups is 3. The average Bonchev–Trinajstić information content (AvgIpc) is 3.20. The first-order valence-corrected chi connectivity index (χ1v) is 8.82. The average molecular weight is 391 g/mol. The van der Waals surface area contributed by atoms with Gasteiger partial charge < -0.3 is 19.7 Å². The molecule has 8 heteroatoms. The zero-order chi connectivity index (χ0) is 19.7. The van der Waals surface area contributed by atoms with Crippen LogP contribution in [0.2, 0.25) is 5.02 Å². The van der Waals surface area contributed by atoms with Crippen molar-refractivity contribution in [3.63, 3.8) is 0 Å². The Bertz CT molecular complexity index is 907. The van der Waals surface area contributed by atoms with Gasteiger partial charge in [-0.15, -0.1) is 0 Å². The van der Waals surface area contributed by atoms with Crippen molar-refractivity contribution in [2.75, 3.05) is 18.4 Å². The van der Waals surface area contributed by atoms with Crippen LogP contribution in [0.4, 0.5) is 5.69 Å². The zero-order valence-corrected chi connectivity index (χ0v) is 15.6. The van der Waals surface area contributed by atoms with Crippen LogP contribution in [0.5, 0.6) is 0 Å². The van der Waals surface area contributed by atoms with E-state index >= 15 is 0 Å². The molecule has 0 bridgehead atoms. The quantitative estimate of drug-likeness (QED) is 0.834. The summed E-state index contributed by atoms with van der Waals surface area (Å²) in [6.45, 7) is 3.94. The van der Waals surface area contributed by atoms with Crippen molar-refractivity contribution in [2.45, 2.75) is 13.8 Å². The first-order chi connectivity index (χ1) is 12.8. The van der Waals surface area contributed by atoms with E-state index in [0.29, 0.717) is 22.9 Å². The molecule has 142 valence electrons. The molecule has 27 heavy (non-hydrogen) atoms. The van der Waals surface area contributed by atoms with Crippen LogP contribution < -0.4 is 5.32 Å². The monoisotopic (exact) mass is 390 g/mol. The molecule has 2 atom stereocenters. The molecule has 1 aromatic carbocycles. The number of aliphatic carboxylic acids is 1. The summed E-state index contributed by atoms with van der Waals surface area (Å²) in [5.74, 6) is -1.98. The third-order valence-electron chi connectivity index (χ3n) is 4.78. The highest BCUT2D eigenvalue weighted by Gasteiger charge is 2.37. The van der Waals surface area contributed by atoms with Gasteiger partial charge in [0.15, 0.2) is 0 Å². The minimum absolute atomic E-state index is 0.131. The highest BCUT2D eigenvalue weighted by Crippen LogP contribution is 2.28. The van der Waals surface area contributed by atoms with Crippen molar-refractivity contribution >= 4 is 35.1 Å². The topological polar surface area (TPSA) is 99.9 Å². The summed E-state index contributed by atoms with van der Waals surface area (Å²) in [5, 5.41) is 12.3.